The summed E-state index contributed by atoms with van der Waals surface area (Å²) in [7, 11) is 0. The highest BCUT2D eigenvalue weighted by molar-refractivity contribution is 5.75. The van der Waals surface area contributed by atoms with Crippen molar-refractivity contribution in [3.05, 3.63) is 23.8 Å². The first-order valence-electron chi connectivity index (χ1n) is 13.7. The van der Waals surface area contributed by atoms with Crippen LogP contribution in [0.4, 0.5) is 14.4 Å². The van der Waals surface area contributed by atoms with Gasteiger partial charge in [0.1, 0.15) is 24.4 Å². The molecule has 0 radical (unpaired) electrons. The minimum atomic E-state index is -1.42. The second-order valence-corrected chi connectivity index (χ2v) is 11.1. The molecule has 41 heavy (non-hydrogen) atoms. The number of carboxylic acids is 1. The van der Waals surface area contributed by atoms with Crippen molar-refractivity contribution in [2.75, 3.05) is 6.61 Å². The lowest BCUT2D eigenvalue weighted by molar-refractivity contribution is -0.139. The minimum absolute atomic E-state index is 0.00349. The van der Waals surface area contributed by atoms with E-state index < -0.39 is 54.7 Å². The normalized spacial score (nSPS) is 15.0. The van der Waals surface area contributed by atoms with Crippen molar-refractivity contribution in [1.82, 2.24) is 0 Å². The molecule has 232 valence electrons. The Kier molecular flexibility index (Phi) is 14.4. The van der Waals surface area contributed by atoms with Gasteiger partial charge in [0.05, 0.1) is 6.61 Å². The zero-order chi connectivity index (χ0) is 31.4. The van der Waals surface area contributed by atoms with Crippen molar-refractivity contribution in [1.29, 1.82) is 0 Å². The summed E-state index contributed by atoms with van der Waals surface area (Å²) in [6.07, 6.45) is -4.68. The Bertz CT molecular complexity index is 1020. The van der Waals surface area contributed by atoms with Gasteiger partial charge in [-0.2, -0.15) is 0 Å². The van der Waals surface area contributed by atoms with Crippen molar-refractivity contribution >= 4 is 24.4 Å². The maximum Gasteiger partial charge on any atom is 0.514 e. The number of hydrogen-bond acceptors (Lipinski definition) is 11. The molecule has 0 aliphatic heterocycles. The first-order valence-corrected chi connectivity index (χ1v) is 13.7. The number of carbonyl (C=O) groups excluding carboxylic acids is 3. The number of nitrogens with two attached hydrogens (primary N) is 1. The van der Waals surface area contributed by atoms with Gasteiger partial charge in [-0.25, -0.2) is 14.4 Å². The van der Waals surface area contributed by atoms with E-state index in [1.807, 2.05) is 41.5 Å². The summed E-state index contributed by atoms with van der Waals surface area (Å²) >= 11 is 0. The standard InChI is InChI=1S/C29H45NO11/c1-15(2)14-36-27(33)37-18(7)12-22(25(30)26(31)32)21-10-11-23(40-28(34)38-19(8)16(3)4)24(13-21)41-29(35)39-20(9)17(5)6/h10-11,13,15-20,22,25H,12,14,30H2,1-9H3,(H,31,32)/t18?,19?,20?,22?,25-/m0/s1. The maximum atomic E-state index is 12.6. The van der Waals surface area contributed by atoms with Gasteiger partial charge in [0.25, 0.3) is 0 Å². The molecule has 4 unspecified atom stereocenters. The second-order valence-electron chi connectivity index (χ2n) is 11.1. The molecule has 0 spiro atoms. The Labute approximate surface area is 241 Å². The predicted octanol–water partition coefficient (Wildman–Crippen LogP) is 5.89. The van der Waals surface area contributed by atoms with E-state index in [1.54, 1.807) is 20.8 Å². The largest absolute Gasteiger partial charge is 0.514 e. The number of rotatable bonds is 14. The second kappa shape index (κ2) is 16.7. The lowest BCUT2D eigenvalue weighted by Gasteiger charge is -2.25. The van der Waals surface area contributed by atoms with Crippen LogP contribution in [0.25, 0.3) is 0 Å². The van der Waals surface area contributed by atoms with Gasteiger partial charge in [0.15, 0.2) is 11.5 Å². The Morgan fingerprint density at radius 1 is 0.756 bits per heavy atom. The van der Waals surface area contributed by atoms with Gasteiger partial charge in [-0.15, -0.1) is 0 Å². The number of ether oxygens (including phenoxy) is 6. The molecular weight excluding hydrogens is 538 g/mol. The molecule has 0 aromatic heterocycles. The Morgan fingerprint density at radius 2 is 1.27 bits per heavy atom. The molecule has 0 saturated heterocycles. The summed E-state index contributed by atoms with van der Waals surface area (Å²) in [5, 5.41) is 9.67. The Morgan fingerprint density at radius 3 is 1.73 bits per heavy atom. The van der Waals surface area contributed by atoms with Gasteiger partial charge in [-0.3, -0.25) is 4.79 Å². The van der Waals surface area contributed by atoms with Crippen molar-refractivity contribution in [2.24, 2.45) is 23.5 Å². The number of carbonyl (C=O) groups is 4. The molecule has 0 fully saturated rings. The quantitative estimate of drug-likeness (QED) is 0.151. The van der Waals surface area contributed by atoms with E-state index >= 15 is 0 Å². The molecule has 0 saturated carbocycles. The molecule has 0 bridgehead atoms. The molecule has 12 heteroatoms. The lowest BCUT2D eigenvalue weighted by Crippen LogP contribution is -2.38. The van der Waals surface area contributed by atoms with Crippen molar-refractivity contribution in [3.8, 4) is 11.5 Å². The van der Waals surface area contributed by atoms with E-state index in [0.29, 0.717) is 5.56 Å². The molecule has 3 N–H and O–H groups in total. The van der Waals surface area contributed by atoms with Crippen LogP contribution in [0.15, 0.2) is 18.2 Å². The molecule has 0 aliphatic rings. The van der Waals surface area contributed by atoms with Crippen LogP contribution in [0.5, 0.6) is 11.5 Å². The Hall–Kier alpha value is -3.54. The third kappa shape index (κ3) is 12.7. The minimum Gasteiger partial charge on any atom is -0.480 e. The average molecular weight is 584 g/mol. The molecule has 0 amide bonds. The molecule has 0 aliphatic carbocycles. The first-order chi connectivity index (χ1) is 19.0. The fourth-order valence-corrected chi connectivity index (χ4v) is 3.22. The first kappa shape index (κ1) is 35.5. The van der Waals surface area contributed by atoms with Crippen molar-refractivity contribution in [2.45, 2.75) is 99.0 Å². The van der Waals surface area contributed by atoms with E-state index in [2.05, 4.69) is 0 Å². The molecule has 1 rings (SSSR count). The summed E-state index contributed by atoms with van der Waals surface area (Å²) in [6, 6.07) is 2.71. The van der Waals surface area contributed by atoms with E-state index in [-0.39, 0.29) is 42.3 Å². The zero-order valence-electron chi connectivity index (χ0n) is 25.4. The summed E-state index contributed by atoms with van der Waals surface area (Å²) in [5.74, 6) is -2.45. The highest BCUT2D eigenvalue weighted by Crippen LogP contribution is 2.35. The number of aliphatic carboxylic acids is 1. The van der Waals surface area contributed by atoms with Crippen LogP contribution in [-0.4, -0.2) is 60.5 Å². The fraction of sp³-hybridized carbons (Fsp3) is 0.655. The maximum absolute atomic E-state index is 12.6. The van der Waals surface area contributed by atoms with Gasteiger partial charge < -0.3 is 39.3 Å². The van der Waals surface area contributed by atoms with E-state index in [1.165, 1.54) is 18.2 Å². The predicted molar refractivity (Wildman–Crippen MR) is 149 cm³/mol. The van der Waals surface area contributed by atoms with Gasteiger partial charge in [-0.1, -0.05) is 47.6 Å². The van der Waals surface area contributed by atoms with Gasteiger partial charge in [0, 0.05) is 5.92 Å². The van der Waals surface area contributed by atoms with E-state index in [0.717, 1.165) is 0 Å². The average Bonchev–Trinajstić information content (AvgIpc) is 2.86. The number of carboxylic acid groups (broad SMARTS) is 1. The van der Waals surface area contributed by atoms with Crippen LogP contribution < -0.4 is 15.2 Å². The summed E-state index contributed by atoms with van der Waals surface area (Å²) in [6.45, 7) is 16.3. The van der Waals surface area contributed by atoms with Crippen LogP contribution in [0.2, 0.25) is 0 Å². The molecular formula is C29H45NO11. The fourth-order valence-electron chi connectivity index (χ4n) is 3.22. The van der Waals surface area contributed by atoms with Crippen LogP contribution >= 0.6 is 0 Å². The van der Waals surface area contributed by atoms with Gasteiger partial charge in [0.2, 0.25) is 0 Å². The molecule has 0 heterocycles. The van der Waals surface area contributed by atoms with Gasteiger partial charge >= 0.3 is 24.4 Å². The van der Waals surface area contributed by atoms with Crippen LogP contribution in [0.3, 0.4) is 0 Å². The molecule has 1 aromatic carbocycles. The topological polar surface area (TPSA) is 170 Å². The number of benzene rings is 1. The summed E-state index contributed by atoms with van der Waals surface area (Å²) in [4.78, 5) is 48.9. The third-order valence-electron chi connectivity index (χ3n) is 6.36. The molecule has 12 nitrogen and oxygen atoms in total. The molecule has 5 atom stereocenters. The Balaban J connectivity index is 3.34. The summed E-state index contributed by atoms with van der Waals surface area (Å²) in [5.41, 5.74) is 6.33. The molecule has 1 aromatic rings. The van der Waals surface area contributed by atoms with Crippen LogP contribution in [0.1, 0.15) is 80.2 Å². The third-order valence-corrected chi connectivity index (χ3v) is 6.36. The van der Waals surface area contributed by atoms with E-state index in [9.17, 15) is 24.3 Å². The van der Waals surface area contributed by atoms with Crippen LogP contribution in [-0.2, 0) is 23.7 Å². The van der Waals surface area contributed by atoms with Crippen molar-refractivity contribution < 1.29 is 52.7 Å². The highest BCUT2D eigenvalue weighted by atomic mass is 16.8. The summed E-state index contributed by atoms with van der Waals surface area (Å²) < 4.78 is 31.5. The monoisotopic (exact) mass is 583 g/mol. The smallest absolute Gasteiger partial charge is 0.480 e. The SMILES string of the molecule is CC(C)COC(=O)OC(C)CC(c1ccc(OC(=O)OC(C)C(C)C)c(OC(=O)OC(C)C(C)C)c1)[C@H](N)C(=O)O. The lowest BCUT2D eigenvalue weighted by atomic mass is 9.87. The highest BCUT2D eigenvalue weighted by Gasteiger charge is 2.31. The van der Waals surface area contributed by atoms with E-state index in [4.69, 9.17) is 34.2 Å². The zero-order valence-corrected chi connectivity index (χ0v) is 25.4. The van der Waals surface area contributed by atoms with Crippen LogP contribution in [0, 0.1) is 17.8 Å². The van der Waals surface area contributed by atoms with Crippen molar-refractivity contribution in [3.63, 3.8) is 0 Å². The van der Waals surface area contributed by atoms with Gasteiger partial charge in [-0.05, 0) is 62.6 Å². The number of hydrogen-bond donors (Lipinski definition) is 2.